The maximum absolute atomic E-state index is 4.27. The number of aromatic amines is 1. The van der Waals surface area contributed by atoms with Crippen LogP contribution in [0.3, 0.4) is 0 Å². The van der Waals surface area contributed by atoms with E-state index in [1.165, 1.54) is 0 Å². The molecule has 1 N–H and O–H groups in total. The molecule has 3 nitrogen and oxygen atoms in total. The summed E-state index contributed by atoms with van der Waals surface area (Å²) < 4.78 is 0. The molecule has 1 aromatic carbocycles. The van der Waals surface area contributed by atoms with E-state index in [4.69, 9.17) is 0 Å². The number of rotatable bonds is 1. The summed E-state index contributed by atoms with van der Waals surface area (Å²) in [6.07, 6.45) is 3.64. The monoisotopic (exact) mass is 201 g/mol. The van der Waals surface area contributed by atoms with Crippen LogP contribution in [0.25, 0.3) is 21.5 Å². The molecular formula is C10H7N3S. The fraction of sp³-hybridized carbons (Fsp3) is 0. The van der Waals surface area contributed by atoms with Crippen LogP contribution in [0.5, 0.6) is 0 Å². The second-order valence-electron chi connectivity index (χ2n) is 3.01. The highest BCUT2D eigenvalue weighted by Gasteiger charge is 2.02. The van der Waals surface area contributed by atoms with Crippen molar-refractivity contribution in [3.63, 3.8) is 0 Å². The van der Waals surface area contributed by atoms with Crippen molar-refractivity contribution in [3.8, 4) is 10.6 Å². The molecule has 0 saturated carbocycles. The summed E-state index contributed by atoms with van der Waals surface area (Å²) in [5.41, 5.74) is 2.21. The maximum Gasteiger partial charge on any atom is 0.123 e. The summed E-state index contributed by atoms with van der Waals surface area (Å²) in [5, 5.41) is 11.1. The molecule has 2 heterocycles. The SMILES string of the molecule is c1csc(-c2ccc3[nH]ncc3c2)n1. The number of fused-ring (bicyclic) bond motifs is 1. The van der Waals surface area contributed by atoms with Crippen LogP contribution in [-0.2, 0) is 0 Å². The number of nitrogens with one attached hydrogen (secondary N) is 1. The zero-order valence-corrected chi connectivity index (χ0v) is 8.08. The van der Waals surface area contributed by atoms with Gasteiger partial charge in [0.1, 0.15) is 5.01 Å². The molecular weight excluding hydrogens is 194 g/mol. The molecule has 0 aliphatic rings. The van der Waals surface area contributed by atoms with Crippen LogP contribution in [0.15, 0.2) is 36.0 Å². The van der Waals surface area contributed by atoms with Crippen LogP contribution in [0.1, 0.15) is 0 Å². The van der Waals surface area contributed by atoms with Crippen molar-refractivity contribution in [1.82, 2.24) is 15.2 Å². The van der Waals surface area contributed by atoms with Gasteiger partial charge in [-0.25, -0.2) is 4.98 Å². The minimum absolute atomic E-state index is 1.05. The topological polar surface area (TPSA) is 41.6 Å². The molecule has 4 heteroatoms. The van der Waals surface area contributed by atoms with Gasteiger partial charge in [-0.15, -0.1) is 11.3 Å². The molecule has 0 atom stereocenters. The Kier molecular flexibility index (Phi) is 1.61. The second kappa shape index (κ2) is 2.92. The zero-order valence-electron chi connectivity index (χ0n) is 7.27. The fourth-order valence-electron chi connectivity index (χ4n) is 1.44. The van der Waals surface area contributed by atoms with Gasteiger partial charge in [-0.1, -0.05) is 0 Å². The molecule has 14 heavy (non-hydrogen) atoms. The Morgan fingerprint density at radius 2 is 2.29 bits per heavy atom. The van der Waals surface area contributed by atoms with Crippen LogP contribution in [0.4, 0.5) is 0 Å². The van der Waals surface area contributed by atoms with Crippen LogP contribution < -0.4 is 0 Å². The van der Waals surface area contributed by atoms with E-state index in [0.717, 1.165) is 21.5 Å². The van der Waals surface area contributed by atoms with Crippen molar-refractivity contribution in [2.75, 3.05) is 0 Å². The first-order valence-electron chi connectivity index (χ1n) is 4.26. The normalized spacial score (nSPS) is 10.9. The molecule has 0 unspecified atom stereocenters. The van der Waals surface area contributed by atoms with Gasteiger partial charge in [0.15, 0.2) is 0 Å². The van der Waals surface area contributed by atoms with Crippen LogP contribution in [0.2, 0.25) is 0 Å². The maximum atomic E-state index is 4.27. The third-order valence-electron chi connectivity index (χ3n) is 2.12. The predicted octanol–water partition coefficient (Wildman–Crippen LogP) is 2.69. The third kappa shape index (κ3) is 1.12. The lowest BCUT2D eigenvalue weighted by molar-refractivity contribution is 1.12. The number of nitrogens with zero attached hydrogens (tertiary/aromatic N) is 2. The zero-order chi connectivity index (χ0) is 9.38. The van der Waals surface area contributed by atoms with Crippen molar-refractivity contribution in [1.29, 1.82) is 0 Å². The van der Waals surface area contributed by atoms with Crippen molar-refractivity contribution < 1.29 is 0 Å². The number of thiazole rings is 1. The summed E-state index contributed by atoms with van der Waals surface area (Å²) in [6.45, 7) is 0. The average Bonchev–Trinajstić information content (AvgIpc) is 2.88. The van der Waals surface area contributed by atoms with Gasteiger partial charge in [0.2, 0.25) is 0 Å². The molecule has 0 amide bonds. The predicted molar refractivity (Wildman–Crippen MR) is 57.2 cm³/mol. The minimum Gasteiger partial charge on any atom is -0.278 e. The lowest BCUT2D eigenvalue weighted by Crippen LogP contribution is -1.75. The van der Waals surface area contributed by atoms with E-state index in [2.05, 4.69) is 27.3 Å². The van der Waals surface area contributed by atoms with Gasteiger partial charge in [0.25, 0.3) is 0 Å². The summed E-state index contributed by atoms with van der Waals surface area (Å²) in [7, 11) is 0. The van der Waals surface area contributed by atoms with Crippen LogP contribution in [-0.4, -0.2) is 15.2 Å². The Balaban J connectivity index is 2.23. The highest BCUT2D eigenvalue weighted by atomic mass is 32.1. The Hall–Kier alpha value is -1.68. The van der Waals surface area contributed by atoms with E-state index in [1.54, 1.807) is 11.3 Å². The van der Waals surface area contributed by atoms with E-state index < -0.39 is 0 Å². The summed E-state index contributed by atoms with van der Waals surface area (Å²) in [4.78, 5) is 4.27. The Morgan fingerprint density at radius 3 is 3.14 bits per heavy atom. The smallest absolute Gasteiger partial charge is 0.123 e. The van der Waals surface area contributed by atoms with E-state index >= 15 is 0 Å². The highest BCUT2D eigenvalue weighted by molar-refractivity contribution is 7.13. The minimum atomic E-state index is 1.05. The molecule has 0 saturated heterocycles. The van der Waals surface area contributed by atoms with Gasteiger partial charge < -0.3 is 0 Å². The van der Waals surface area contributed by atoms with E-state index in [0.29, 0.717) is 0 Å². The molecule has 0 fully saturated rings. The number of H-pyrrole nitrogens is 1. The molecule has 2 aromatic heterocycles. The number of benzene rings is 1. The van der Waals surface area contributed by atoms with Crippen molar-refractivity contribution >= 4 is 22.2 Å². The summed E-state index contributed by atoms with van der Waals surface area (Å²) in [6, 6.07) is 6.18. The average molecular weight is 201 g/mol. The largest absolute Gasteiger partial charge is 0.278 e. The van der Waals surface area contributed by atoms with E-state index in [1.807, 2.05) is 23.8 Å². The van der Waals surface area contributed by atoms with Crippen molar-refractivity contribution in [3.05, 3.63) is 36.0 Å². The van der Waals surface area contributed by atoms with Gasteiger partial charge in [0.05, 0.1) is 11.7 Å². The van der Waals surface area contributed by atoms with Crippen molar-refractivity contribution in [2.24, 2.45) is 0 Å². The van der Waals surface area contributed by atoms with Gasteiger partial charge in [-0.3, -0.25) is 5.10 Å². The molecule has 0 spiro atoms. The second-order valence-corrected chi connectivity index (χ2v) is 3.90. The Bertz CT molecular complexity index is 554. The van der Waals surface area contributed by atoms with Gasteiger partial charge in [-0.2, -0.15) is 5.10 Å². The van der Waals surface area contributed by atoms with Crippen molar-refractivity contribution in [2.45, 2.75) is 0 Å². The number of aromatic nitrogens is 3. The van der Waals surface area contributed by atoms with Gasteiger partial charge in [0, 0.05) is 22.5 Å². The summed E-state index contributed by atoms with van der Waals surface area (Å²) in [5.74, 6) is 0. The van der Waals surface area contributed by atoms with E-state index in [-0.39, 0.29) is 0 Å². The third-order valence-corrected chi connectivity index (χ3v) is 2.94. The van der Waals surface area contributed by atoms with Crippen LogP contribution in [0, 0.1) is 0 Å². The molecule has 3 rings (SSSR count). The van der Waals surface area contributed by atoms with E-state index in [9.17, 15) is 0 Å². The highest BCUT2D eigenvalue weighted by Crippen LogP contribution is 2.24. The molecule has 3 aromatic rings. The lowest BCUT2D eigenvalue weighted by Gasteiger charge is -1.95. The molecule has 0 aliphatic heterocycles. The first kappa shape index (κ1) is 7.70. The standard InChI is InChI=1S/C10H7N3S/c1-2-9-8(6-12-13-9)5-7(1)10-11-3-4-14-10/h1-6H,(H,12,13). The van der Waals surface area contributed by atoms with Gasteiger partial charge in [-0.05, 0) is 18.2 Å². The number of hydrogen-bond donors (Lipinski definition) is 1. The lowest BCUT2D eigenvalue weighted by atomic mass is 10.2. The Labute approximate surface area is 84.4 Å². The van der Waals surface area contributed by atoms with Gasteiger partial charge >= 0.3 is 0 Å². The first-order valence-corrected chi connectivity index (χ1v) is 5.14. The number of hydrogen-bond acceptors (Lipinski definition) is 3. The quantitative estimate of drug-likeness (QED) is 0.657. The molecule has 0 radical (unpaired) electrons. The fourth-order valence-corrected chi connectivity index (χ4v) is 2.08. The first-order chi connectivity index (χ1) is 6.93. The Morgan fingerprint density at radius 1 is 1.29 bits per heavy atom. The summed E-state index contributed by atoms with van der Waals surface area (Å²) >= 11 is 1.65. The molecule has 0 aliphatic carbocycles. The molecule has 0 bridgehead atoms. The van der Waals surface area contributed by atoms with Crippen LogP contribution >= 0.6 is 11.3 Å². The molecule has 68 valence electrons.